The minimum absolute atomic E-state index is 0.726. The number of amides is 2. The zero-order valence-corrected chi connectivity index (χ0v) is 8.34. The Morgan fingerprint density at radius 2 is 2.40 bits per heavy atom. The number of benzene rings is 1. The Bertz CT molecular complexity index is 508. The lowest BCUT2D eigenvalue weighted by Gasteiger charge is -2.04. The molecule has 0 aliphatic heterocycles. The van der Waals surface area contributed by atoms with Crippen molar-refractivity contribution in [1.82, 2.24) is 10.4 Å². The Hall–Kier alpha value is -2.02. The van der Waals surface area contributed by atoms with Crippen molar-refractivity contribution in [2.75, 3.05) is 5.43 Å². The number of hydrogen-bond donors (Lipinski definition) is 3. The first-order valence-corrected chi connectivity index (χ1v) is 4.94. The molecule has 3 N–H and O–H groups in total. The van der Waals surface area contributed by atoms with Gasteiger partial charge in [0.2, 0.25) is 0 Å². The molecular weight excluding hydrogens is 214 g/mol. The molecule has 0 saturated heterocycles. The normalized spacial score (nSPS) is 9.87. The van der Waals surface area contributed by atoms with Crippen molar-refractivity contribution in [3.05, 3.63) is 23.7 Å². The predicted molar refractivity (Wildman–Crippen MR) is 56.9 cm³/mol. The fourth-order valence-corrected chi connectivity index (χ4v) is 1.80. The van der Waals surface area contributed by atoms with Crippen LogP contribution in [0.15, 0.2) is 28.8 Å². The van der Waals surface area contributed by atoms with Crippen LogP contribution in [-0.4, -0.2) is 11.0 Å². The average Bonchev–Trinajstić information content (AvgIpc) is 2.72. The number of urea groups is 1. The summed E-state index contributed by atoms with van der Waals surface area (Å²) in [5.41, 5.74) is 14.7. The monoisotopic (exact) mass is 221 g/mol. The number of nitrogens with zero attached hydrogens (tertiary/aromatic N) is 2. The molecule has 1 aromatic heterocycles. The zero-order chi connectivity index (χ0) is 10.7. The smallest absolute Gasteiger partial charge is 0.297 e. The van der Waals surface area contributed by atoms with E-state index in [9.17, 15) is 4.79 Å². The fourth-order valence-electron chi connectivity index (χ4n) is 1.09. The van der Waals surface area contributed by atoms with Crippen LogP contribution in [0, 0.1) is 5.53 Å². The topological polar surface area (TPSA) is 90.2 Å². The summed E-state index contributed by atoms with van der Waals surface area (Å²) in [5, 5.41) is 2.68. The number of hydrogen-bond acceptors (Lipinski definition) is 5. The SMILES string of the molecule is N=NC(=O)NNc1ccc2ncsc2c1. The summed E-state index contributed by atoms with van der Waals surface area (Å²) in [6, 6.07) is 4.75. The van der Waals surface area contributed by atoms with Crippen LogP contribution in [0.5, 0.6) is 0 Å². The number of thiazole rings is 1. The maximum Gasteiger partial charge on any atom is 0.377 e. The highest BCUT2D eigenvalue weighted by molar-refractivity contribution is 7.16. The third-order valence-electron chi connectivity index (χ3n) is 1.75. The standard InChI is InChI=1S/C8H7N5OS/c9-11-8(14)13-12-5-1-2-6-7(3-5)15-4-10-6/h1-4,9,12H,(H,13,14). The van der Waals surface area contributed by atoms with Crippen molar-refractivity contribution in [2.24, 2.45) is 5.11 Å². The second-order valence-electron chi connectivity index (χ2n) is 2.70. The molecule has 0 spiro atoms. The van der Waals surface area contributed by atoms with Gasteiger partial charge in [-0.05, 0) is 18.2 Å². The van der Waals surface area contributed by atoms with Crippen molar-refractivity contribution >= 4 is 33.3 Å². The lowest BCUT2D eigenvalue weighted by molar-refractivity contribution is 0.249. The maximum absolute atomic E-state index is 10.7. The molecule has 0 unspecified atom stereocenters. The Morgan fingerprint density at radius 1 is 1.53 bits per heavy atom. The Labute approximate surface area is 88.8 Å². The Balaban J connectivity index is 2.14. The molecule has 0 aliphatic rings. The van der Waals surface area contributed by atoms with Crippen molar-refractivity contribution < 1.29 is 4.79 Å². The van der Waals surface area contributed by atoms with Gasteiger partial charge in [-0.1, -0.05) is 5.11 Å². The number of rotatable bonds is 2. The van der Waals surface area contributed by atoms with Crippen LogP contribution >= 0.6 is 11.3 Å². The molecule has 0 fully saturated rings. The number of fused-ring (bicyclic) bond motifs is 1. The van der Waals surface area contributed by atoms with Gasteiger partial charge in [-0.3, -0.25) is 5.43 Å². The van der Waals surface area contributed by atoms with Gasteiger partial charge in [0.1, 0.15) is 0 Å². The van der Waals surface area contributed by atoms with E-state index in [2.05, 4.69) is 20.9 Å². The first kappa shape index (κ1) is 9.53. The highest BCUT2D eigenvalue weighted by atomic mass is 32.1. The molecule has 1 aromatic carbocycles. The first-order valence-electron chi connectivity index (χ1n) is 4.06. The highest BCUT2D eigenvalue weighted by Crippen LogP contribution is 2.21. The third kappa shape index (κ3) is 2.08. The molecule has 1 heterocycles. The molecule has 76 valence electrons. The van der Waals surface area contributed by atoms with E-state index >= 15 is 0 Å². The van der Waals surface area contributed by atoms with Crippen molar-refractivity contribution in [1.29, 1.82) is 5.53 Å². The van der Waals surface area contributed by atoms with Gasteiger partial charge in [0.05, 0.1) is 21.4 Å². The molecule has 0 saturated carbocycles. The second-order valence-corrected chi connectivity index (χ2v) is 3.59. The second kappa shape index (κ2) is 4.01. The van der Waals surface area contributed by atoms with E-state index in [0.717, 1.165) is 15.9 Å². The van der Waals surface area contributed by atoms with Crippen LogP contribution in [-0.2, 0) is 0 Å². The van der Waals surface area contributed by atoms with Crippen LogP contribution in [0.3, 0.4) is 0 Å². The van der Waals surface area contributed by atoms with Crippen LogP contribution in [0.1, 0.15) is 0 Å². The summed E-state index contributed by atoms with van der Waals surface area (Å²) < 4.78 is 1.03. The molecule has 2 amide bonds. The number of anilines is 1. The van der Waals surface area contributed by atoms with Gasteiger partial charge in [0, 0.05) is 0 Å². The van der Waals surface area contributed by atoms with E-state index in [1.54, 1.807) is 11.6 Å². The summed E-state index contributed by atoms with van der Waals surface area (Å²) in [4.78, 5) is 14.8. The van der Waals surface area contributed by atoms with E-state index in [1.165, 1.54) is 11.3 Å². The van der Waals surface area contributed by atoms with Crippen LogP contribution in [0.2, 0.25) is 0 Å². The molecule has 0 aliphatic carbocycles. The maximum atomic E-state index is 10.7. The zero-order valence-electron chi connectivity index (χ0n) is 7.52. The highest BCUT2D eigenvalue weighted by Gasteiger charge is 1.99. The lowest BCUT2D eigenvalue weighted by Crippen LogP contribution is -2.25. The minimum Gasteiger partial charge on any atom is -0.297 e. The molecular formula is C8H7N5OS. The van der Waals surface area contributed by atoms with Crippen molar-refractivity contribution in [2.45, 2.75) is 0 Å². The first-order chi connectivity index (χ1) is 7.29. The van der Waals surface area contributed by atoms with Crippen molar-refractivity contribution in [3.63, 3.8) is 0 Å². The van der Waals surface area contributed by atoms with Gasteiger partial charge in [-0.2, -0.15) is 5.53 Å². The summed E-state index contributed by atoms with van der Waals surface area (Å²) in [6.45, 7) is 0. The van der Waals surface area contributed by atoms with Gasteiger partial charge in [-0.25, -0.2) is 15.2 Å². The quantitative estimate of drug-likeness (QED) is 0.537. The summed E-state index contributed by atoms with van der Waals surface area (Å²) in [6.07, 6.45) is 0. The van der Waals surface area contributed by atoms with Crippen molar-refractivity contribution in [3.8, 4) is 0 Å². The summed E-state index contributed by atoms with van der Waals surface area (Å²) in [5.74, 6) is 0. The van der Waals surface area contributed by atoms with E-state index in [0.29, 0.717) is 0 Å². The van der Waals surface area contributed by atoms with Gasteiger partial charge < -0.3 is 0 Å². The Morgan fingerprint density at radius 3 is 3.20 bits per heavy atom. The molecule has 2 aromatic rings. The summed E-state index contributed by atoms with van der Waals surface area (Å²) in [7, 11) is 0. The predicted octanol–water partition coefficient (Wildman–Crippen LogP) is 2.36. The summed E-state index contributed by atoms with van der Waals surface area (Å²) >= 11 is 1.52. The molecule has 15 heavy (non-hydrogen) atoms. The van der Waals surface area contributed by atoms with Gasteiger partial charge in [0.25, 0.3) is 0 Å². The van der Waals surface area contributed by atoms with Gasteiger partial charge >= 0.3 is 6.03 Å². The average molecular weight is 221 g/mol. The molecule has 0 radical (unpaired) electrons. The fraction of sp³-hybridized carbons (Fsp3) is 0. The number of carbonyl (C=O) groups excluding carboxylic acids is 1. The van der Waals surface area contributed by atoms with E-state index in [4.69, 9.17) is 5.53 Å². The van der Waals surface area contributed by atoms with Gasteiger partial charge in [-0.15, -0.1) is 11.3 Å². The molecule has 6 nitrogen and oxygen atoms in total. The van der Waals surface area contributed by atoms with Crippen LogP contribution in [0.25, 0.3) is 10.2 Å². The molecule has 0 bridgehead atoms. The van der Waals surface area contributed by atoms with E-state index in [1.807, 2.05) is 12.1 Å². The molecule has 7 heteroatoms. The van der Waals surface area contributed by atoms with Crippen LogP contribution < -0.4 is 10.9 Å². The van der Waals surface area contributed by atoms with Gasteiger partial charge in [0.15, 0.2) is 0 Å². The van der Waals surface area contributed by atoms with E-state index in [-0.39, 0.29) is 0 Å². The van der Waals surface area contributed by atoms with E-state index < -0.39 is 6.03 Å². The largest absolute Gasteiger partial charge is 0.377 e. The number of nitrogens with one attached hydrogen (secondary N) is 3. The third-order valence-corrected chi connectivity index (χ3v) is 2.54. The minimum atomic E-state index is -0.737. The number of carbonyl (C=O) groups is 1. The Kier molecular flexibility index (Phi) is 2.55. The van der Waals surface area contributed by atoms with Crippen LogP contribution in [0.4, 0.5) is 10.5 Å². The number of aromatic nitrogens is 1. The molecule has 0 atom stereocenters. The lowest BCUT2D eigenvalue weighted by atomic mass is 10.3. The number of hydrazine groups is 1. The molecule has 2 rings (SSSR count).